The number of amides is 1. The summed E-state index contributed by atoms with van der Waals surface area (Å²) >= 11 is 0. The summed E-state index contributed by atoms with van der Waals surface area (Å²) in [6.07, 6.45) is -0.161. The van der Waals surface area contributed by atoms with Gasteiger partial charge < -0.3 is 9.64 Å². The Morgan fingerprint density at radius 1 is 1.45 bits per heavy atom. The van der Waals surface area contributed by atoms with Crippen LogP contribution < -0.4 is 4.90 Å². The minimum absolute atomic E-state index is 0.148. The van der Waals surface area contributed by atoms with Crippen LogP contribution >= 0.6 is 0 Å². The molecule has 1 saturated heterocycles. The molecule has 0 spiro atoms. The fourth-order valence-electron chi connectivity index (χ4n) is 2.14. The number of carbonyl (C=O) groups excluding carboxylic acids is 2. The van der Waals surface area contributed by atoms with Crippen LogP contribution in [-0.2, 0) is 14.3 Å². The Bertz CT molecular complexity index is 602. The Kier molecular flexibility index (Phi) is 3.66. The number of methoxy groups -OCH3 is 1. The van der Waals surface area contributed by atoms with E-state index in [-0.39, 0.29) is 18.5 Å². The van der Waals surface area contributed by atoms with Gasteiger partial charge in [-0.2, -0.15) is 5.26 Å². The van der Waals surface area contributed by atoms with E-state index in [1.54, 1.807) is 6.07 Å². The molecule has 104 valence electrons. The summed E-state index contributed by atoms with van der Waals surface area (Å²) in [6, 6.07) is 3.31. The lowest BCUT2D eigenvalue weighted by molar-refractivity contribution is -0.145. The van der Waals surface area contributed by atoms with Crippen molar-refractivity contribution in [2.75, 3.05) is 18.6 Å². The second-order valence-electron chi connectivity index (χ2n) is 4.33. The number of ether oxygens (including phenoxy) is 1. The van der Waals surface area contributed by atoms with E-state index in [1.807, 2.05) is 0 Å². The van der Waals surface area contributed by atoms with Crippen molar-refractivity contribution in [3.05, 3.63) is 29.3 Å². The smallest absolute Gasteiger partial charge is 0.311 e. The Hall–Kier alpha value is -2.49. The monoisotopic (exact) mass is 280 g/mol. The van der Waals surface area contributed by atoms with Gasteiger partial charge in [-0.1, -0.05) is 0 Å². The van der Waals surface area contributed by atoms with Crippen molar-refractivity contribution in [3.8, 4) is 6.07 Å². The third-order valence-electron chi connectivity index (χ3n) is 3.08. The molecule has 0 saturated carbocycles. The van der Waals surface area contributed by atoms with Crippen LogP contribution in [0.5, 0.6) is 0 Å². The van der Waals surface area contributed by atoms with Gasteiger partial charge >= 0.3 is 5.97 Å². The molecule has 1 heterocycles. The van der Waals surface area contributed by atoms with Crippen LogP contribution in [0.25, 0.3) is 0 Å². The number of benzene rings is 1. The van der Waals surface area contributed by atoms with Crippen molar-refractivity contribution in [2.45, 2.75) is 6.42 Å². The molecule has 20 heavy (non-hydrogen) atoms. The van der Waals surface area contributed by atoms with Gasteiger partial charge in [0.15, 0.2) is 11.6 Å². The number of hydrogen-bond acceptors (Lipinski definition) is 4. The van der Waals surface area contributed by atoms with Gasteiger partial charge in [0.2, 0.25) is 5.91 Å². The lowest BCUT2D eigenvalue weighted by Gasteiger charge is -2.18. The van der Waals surface area contributed by atoms with Gasteiger partial charge in [0.05, 0.1) is 24.7 Å². The van der Waals surface area contributed by atoms with Crippen LogP contribution in [0, 0.1) is 28.9 Å². The molecule has 1 amide bonds. The van der Waals surface area contributed by atoms with Gasteiger partial charge in [-0.05, 0) is 12.1 Å². The van der Waals surface area contributed by atoms with E-state index in [2.05, 4.69) is 4.74 Å². The van der Waals surface area contributed by atoms with Crippen LogP contribution in [0.4, 0.5) is 14.5 Å². The zero-order valence-corrected chi connectivity index (χ0v) is 10.5. The minimum Gasteiger partial charge on any atom is -0.469 e. The summed E-state index contributed by atoms with van der Waals surface area (Å²) < 4.78 is 32.2. The highest BCUT2D eigenvalue weighted by molar-refractivity contribution is 5.99. The molecule has 0 bridgehead atoms. The highest BCUT2D eigenvalue weighted by Crippen LogP contribution is 2.31. The third kappa shape index (κ3) is 2.32. The molecule has 0 radical (unpaired) electrons. The quantitative estimate of drug-likeness (QED) is 0.767. The Balaban J connectivity index is 2.36. The molecule has 1 aliphatic rings. The van der Waals surface area contributed by atoms with Gasteiger partial charge in [0.25, 0.3) is 0 Å². The Morgan fingerprint density at radius 2 is 2.05 bits per heavy atom. The molecule has 1 unspecified atom stereocenters. The maximum Gasteiger partial charge on any atom is 0.311 e. The van der Waals surface area contributed by atoms with Gasteiger partial charge in [-0.3, -0.25) is 9.59 Å². The fourth-order valence-corrected chi connectivity index (χ4v) is 2.14. The van der Waals surface area contributed by atoms with Gasteiger partial charge in [-0.25, -0.2) is 8.78 Å². The second-order valence-corrected chi connectivity index (χ2v) is 4.33. The van der Waals surface area contributed by atoms with Gasteiger partial charge in [0.1, 0.15) is 5.69 Å². The highest BCUT2D eigenvalue weighted by atomic mass is 19.1. The van der Waals surface area contributed by atoms with Crippen molar-refractivity contribution >= 4 is 17.6 Å². The summed E-state index contributed by atoms with van der Waals surface area (Å²) in [5, 5.41) is 8.62. The average molecular weight is 280 g/mol. The number of nitriles is 1. The molecule has 1 aliphatic heterocycles. The molecule has 0 aromatic heterocycles. The predicted octanol–water partition coefficient (Wildman–Crippen LogP) is 1.36. The number of anilines is 1. The molecule has 1 aromatic carbocycles. The van der Waals surface area contributed by atoms with Crippen LogP contribution in [0.1, 0.15) is 12.0 Å². The zero-order valence-electron chi connectivity index (χ0n) is 10.5. The summed E-state index contributed by atoms with van der Waals surface area (Å²) in [5.41, 5.74) is -0.722. The van der Waals surface area contributed by atoms with E-state index in [1.165, 1.54) is 7.11 Å². The molecule has 5 nitrogen and oxygen atoms in total. The summed E-state index contributed by atoms with van der Waals surface area (Å²) in [7, 11) is 1.18. The normalized spacial score (nSPS) is 18.0. The van der Waals surface area contributed by atoms with Gasteiger partial charge in [-0.15, -0.1) is 0 Å². The number of carbonyl (C=O) groups is 2. The lowest BCUT2D eigenvalue weighted by atomic mass is 10.1. The first-order valence-corrected chi connectivity index (χ1v) is 5.75. The van der Waals surface area contributed by atoms with Crippen molar-refractivity contribution in [3.63, 3.8) is 0 Å². The maximum atomic E-state index is 13.8. The first-order valence-electron chi connectivity index (χ1n) is 5.75. The van der Waals surface area contributed by atoms with Crippen molar-refractivity contribution in [2.24, 2.45) is 5.92 Å². The molecule has 0 N–H and O–H groups in total. The minimum atomic E-state index is -1.01. The third-order valence-corrected chi connectivity index (χ3v) is 3.08. The molecule has 7 heteroatoms. The first kappa shape index (κ1) is 13.9. The summed E-state index contributed by atoms with van der Waals surface area (Å²) in [6.45, 7) is -0.148. The van der Waals surface area contributed by atoms with E-state index >= 15 is 0 Å². The number of esters is 1. The summed E-state index contributed by atoms with van der Waals surface area (Å²) in [4.78, 5) is 24.0. The molecular weight excluding hydrogens is 270 g/mol. The maximum absolute atomic E-state index is 13.8. The molecular formula is C13H10F2N2O3. The topological polar surface area (TPSA) is 70.4 Å². The number of rotatable bonds is 2. The SMILES string of the molecule is COC(=O)C1CC(=O)N(c2c(F)cc(C#N)cc2F)C1. The highest BCUT2D eigenvalue weighted by Gasteiger charge is 2.38. The van der Waals surface area contributed by atoms with Crippen molar-refractivity contribution in [1.29, 1.82) is 5.26 Å². The zero-order chi connectivity index (χ0) is 14.9. The second kappa shape index (κ2) is 5.25. The average Bonchev–Trinajstić information content (AvgIpc) is 2.79. The van der Waals surface area contributed by atoms with Crippen LogP contribution in [0.3, 0.4) is 0 Å². The standard InChI is InChI=1S/C13H10F2N2O3/c1-20-13(19)8-4-11(18)17(6-8)12-9(14)2-7(5-16)3-10(12)15/h2-3,8H,4,6H2,1H3. The van der Waals surface area contributed by atoms with Gasteiger partial charge in [0, 0.05) is 13.0 Å². The molecule has 1 fully saturated rings. The molecule has 2 rings (SSSR count). The Morgan fingerprint density at radius 3 is 2.55 bits per heavy atom. The van der Waals surface area contributed by atoms with Crippen LogP contribution in [0.2, 0.25) is 0 Å². The first-order chi connectivity index (χ1) is 9.47. The largest absolute Gasteiger partial charge is 0.469 e. The van der Waals surface area contributed by atoms with E-state index in [0.29, 0.717) is 0 Å². The lowest BCUT2D eigenvalue weighted by Crippen LogP contribution is -2.28. The van der Waals surface area contributed by atoms with Crippen LogP contribution in [-0.4, -0.2) is 25.5 Å². The van der Waals surface area contributed by atoms with Crippen molar-refractivity contribution < 1.29 is 23.1 Å². The van der Waals surface area contributed by atoms with E-state index in [9.17, 15) is 18.4 Å². The number of hydrogen-bond donors (Lipinski definition) is 0. The van der Waals surface area contributed by atoms with E-state index in [0.717, 1.165) is 17.0 Å². The number of halogens is 2. The number of nitrogens with zero attached hydrogens (tertiary/aromatic N) is 2. The Labute approximate surface area is 113 Å². The predicted molar refractivity (Wildman–Crippen MR) is 63.5 cm³/mol. The molecule has 1 atom stereocenters. The van der Waals surface area contributed by atoms with E-state index < -0.39 is 35.1 Å². The van der Waals surface area contributed by atoms with Crippen LogP contribution in [0.15, 0.2) is 12.1 Å². The molecule has 1 aromatic rings. The van der Waals surface area contributed by atoms with E-state index in [4.69, 9.17) is 5.26 Å². The fraction of sp³-hybridized carbons (Fsp3) is 0.308. The van der Waals surface area contributed by atoms with Crippen molar-refractivity contribution in [1.82, 2.24) is 0 Å². The summed E-state index contributed by atoms with van der Waals surface area (Å²) in [5.74, 6) is -3.94. The molecule has 0 aliphatic carbocycles.